The number of aromatic nitrogens is 3. The highest BCUT2D eigenvalue weighted by Gasteiger charge is 2.23. The molecular formula is C27H27ClF2N4O. The van der Waals surface area contributed by atoms with Gasteiger partial charge in [0.2, 0.25) is 0 Å². The van der Waals surface area contributed by atoms with Crippen LogP contribution in [0.2, 0.25) is 0 Å². The molecule has 5 nitrogen and oxygen atoms in total. The van der Waals surface area contributed by atoms with Crippen LogP contribution in [0, 0.1) is 18.6 Å². The number of aryl methyl sites for hydroxylation is 1. The number of anilines is 1. The maximum absolute atomic E-state index is 14.0. The normalized spacial score (nSPS) is 14.3. The lowest BCUT2D eigenvalue weighted by Gasteiger charge is -2.31. The summed E-state index contributed by atoms with van der Waals surface area (Å²) in [6.07, 6.45) is 5.39. The van der Waals surface area contributed by atoms with E-state index in [4.69, 9.17) is 21.3 Å². The average Bonchev–Trinajstić information content (AvgIpc) is 2.80. The molecule has 1 aliphatic rings. The van der Waals surface area contributed by atoms with Crippen LogP contribution in [0.5, 0.6) is 0 Å². The van der Waals surface area contributed by atoms with Gasteiger partial charge < -0.3 is 9.64 Å². The van der Waals surface area contributed by atoms with Gasteiger partial charge in [-0.05, 0) is 43.7 Å². The summed E-state index contributed by atoms with van der Waals surface area (Å²) in [4.78, 5) is 15.8. The second kappa shape index (κ2) is 9.74. The van der Waals surface area contributed by atoms with Crippen molar-refractivity contribution in [2.24, 2.45) is 0 Å². The first-order valence-electron chi connectivity index (χ1n) is 11.2. The van der Waals surface area contributed by atoms with Gasteiger partial charge >= 0.3 is 0 Å². The van der Waals surface area contributed by atoms with Crippen LogP contribution in [0.1, 0.15) is 44.6 Å². The molecule has 2 aromatic heterocycles. The number of rotatable bonds is 5. The molecule has 0 fully saturated rings. The highest BCUT2D eigenvalue weighted by Crippen LogP contribution is 2.33. The fourth-order valence-electron chi connectivity index (χ4n) is 3.68. The van der Waals surface area contributed by atoms with Crippen LogP contribution in [-0.2, 0) is 16.8 Å². The molecule has 0 amide bonds. The first-order valence-corrected chi connectivity index (χ1v) is 11.6. The smallest absolute Gasteiger partial charge is 0.137 e. The lowest BCUT2D eigenvalue weighted by Crippen LogP contribution is -2.27. The van der Waals surface area contributed by atoms with E-state index in [-0.39, 0.29) is 17.6 Å². The first kappa shape index (κ1) is 24.8. The third-order valence-electron chi connectivity index (χ3n) is 5.68. The molecule has 0 atom stereocenters. The Hall–Kier alpha value is -3.32. The van der Waals surface area contributed by atoms with Gasteiger partial charge in [0.15, 0.2) is 0 Å². The van der Waals surface area contributed by atoms with Gasteiger partial charge in [0.05, 0.1) is 23.0 Å². The predicted octanol–water partition coefficient (Wildman–Crippen LogP) is 6.81. The molecule has 3 aromatic rings. The minimum Gasteiger partial charge on any atom is -0.487 e. The van der Waals surface area contributed by atoms with E-state index in [2.05, 4.69) is 35.6 Å². The third-order valence-corrected chi connectivity index (χ3v) is 5.99. The SMILES string of the molecule is CC1=CC(OCc2ccc(F)cc2F)=C(Cl)CN1c1cc(-c2ccnc(C(C)(C)C)n2)ncc1C. The molecule has 0 radical (unpaired) electrons. The van der Waals surface area contributed by atoms with E-state index in [1.807, 2.05) is 38.3 Å². The highest BCUT2D eigenvalue weighted by atomic mass is 35.5. The van der Waals surface area contributed by atoms with Crippen LogP contribution in [0.15, 0.2) is 65.3 Å². The fourth-order valence-corrected chi connectivity index (χ4v) is 3.91. The molecular weight excluding hydrogens is 470 g/mol. The maximum atomic E-state index is 14.0. The molecule has 0 spiro atoms. The Bertz CT molecular complexity index is 1330. The molecule has 1 aromatic carbocycles. The molecule has 8 heteroatoms. The van der Waals surface area contributed by atoms with Crippen LogP contribution >= 0.6 is 11.6 Å². The predicted molar refractivity (Wildman–Crippen MR) is 134 cm³/mol. The Morgan fingerprint density at radius 2 is 1.83 bits per heavy atom. The third kappa shape index (κ3) is 5.51. The minimum absolute atomic E-state index is 0.0519. The highest BCUT2D eigenvalue weighted by molar-refractivity contribution is 6.30. The molecule has 4 rings (SSSR count). The summed E-state index contributed by atoms with van der Waals surface area (Å²) in [5, 5.41) is 0.480. The van der Waals surface area contributed by atoms with Gasteiger partial charge in [0.25, 0.3) is 0 Å². The van der Waals surface area contributed by atoms with Gasteiger partial charge in [0.1, 0.15) is 29.8 Å². The lowest BCUT2D eigenvalue weighted by atomic mass is 9.95. The summed E-state index contributed by atoms with van der Waals surface area (Å²) in [7, 11) is 0. The molecule has 182 valence electrons. The van der Waals surface area contributed by atoms with Gasteiger partial charge in [-0.1, -0.05) is 32.4 Å². The van der Waals surface area contributed by atoms with E-state index in [1.165, 1.54) is 12.1 Å². The number of hydrogen-bond acceptors (Lipinski definition) is 5. The van der Waals surface area contributed by atoms with Gasteiger partial charge in [-0.25, -0.2) is 18.7 Å². The molecule has 0 saturated heterocycles. The largest absolute Gasteiger partial charge is 0.487 e. The monoisotopic (exact) mass is 496 g/mol. The Labute approximate surface area is 209 Å². The number of hydrogen-bond donors (Lipinski definition) is 0. The van der Waals surface area contributed by atoms with Gasteiger partial charge in [-0.15, -0.1) is 0 Å². The van der Waals surface area contributed by atoms with Gasteiger partial charge in [-0.3, -0.25) is 4.98 Å². The standard InChI is InChI=1S/C27H27ClF2N4O/c1-16-13-32-23(22-8-9-31-26(33-22)27(3,4)5)12-24(16)34-14-20(28)25(10-17(34)2)35-15-18-6-7-19(29)11-21(18)30/h6-13H,14-15H2,1-5H3. The summed E-state index contributed by atoms with van der Waals surface area (Å²) in [5.41, 5.74) is 4.39. The summed E-state index contributed by atoms with van der Waals surface area (Å²) >= 11 is 6.58. The van der Waals surface area contributed by atoms with E-state index in [9.17, 15) is 8.78 Å². The molecule has 0 bridgehead atoms. The number of nitrogens with zero attached hydrogens (tertiary/aromatic N) is 4. The zero-order chi connectivity index (χ0) is 25.3. The number of ether oxygens (including phenoxy) is 1. The van der Waals surface area contributed by atoms with Crippen LogP contribution in [-0.4, -0.2) is 21.5 Å². The molecule has 35 heavy (non-hydrogen) atoms. The van der Waals surface area contributed by atoms with Crippen LogP contribution in [0.25, 0.3) is 11.4 Å². The number of benzene rings is 1. The molecule has 3 heterocycles. The molecule has 0 N–H and O–H groups in total. The quantitative estimate of drug-likeness (QED) is 0.388. The summed E-state index contributed by atoms with van der Waals surface area (Å²) in [6, 6.07) is 7.25. The van der Waals surface area contributed by atoms with Crippen molar-refractivity contribution in [3.05, 3.63) is 93.9 Å². The van der Waals surface area contributed by atoms with Crippen molar-refractivity contribution in [1.29, 1.82) is 0 Å². The van der Waals surface area contributed by atoms with Crippen molar-refractivity contribution >= 4 is 17.3 Å². The maximum Gasteiger partial charge on any atom is 0.137 e. The molecule has 0 saturated carbocycles. The Morgan fingerprint density at radius 3 is 2.54 bits per heavy atom. The Morgan fingerprint density at radius 1 is 1.06 bits per heavy atom. The van der Waals surface area contributed by atoms with Crippen molar-refractivity contribution < 1.29 is 13.5 Å². The average molecular weight is 497 g/mol. The van der Waals surface area contributed by atoms with Crippen molar-refractivity contribution in [1.82, 2.24) is 15.0 Å². The van der Waals surface area contributed by atoms with E-state index in [1.54, 1.807) is 6.20 Å². The fraction of sp³-hybridized carbons (Fsp3) is 0.296. The topological polar surface area (TPSA) is 51.1 Å². The number of pyridine rings is 1. The van der Waals surface area contributed by atoms with Crippen molar-refractivity contribution in [2.75, 3.05) is 11.4 Å². The van der Waals surface area contributed by atoms with E-state index >= 15 is 0 Å². The number of allylic oxidation sites excluding steroid dienone is 2. The summed E-state index contributed by atoms with van der Waals surface area (Å²) in [6.45, 7) is 10.5. The minimum atomic E-state index is -0.654. The molecule has 0 unspecified atom stereocenters. The molecule has 0 aliphatic carbocycles. The van der Waals surface area contributed by atoms with Gasteiger partial charge in [-0.2, -0.15) is 0 Å². The van der Waals surface area contributed by atoms with E-state index in [0.29, 0.717) is 17.3 Å². The first-order chi connectivity index (χ1) is 16.5. The molecule has 1 aliphatic heterocycles. The van der Waals surface area contributed by atoms with E-state index < -0.39 is 11.6 Å². The zero-order valence-corrected chi connectivity index (χ0v) is 21.1. The van der Waals surface area contributed by atoms with Crippen molar-refractivity contribution in [2.45, 2.75) is 46.6 Å². The van der Waals surface area contributed by atoms with Crippen LogP contribution in [0.3, 0.4) is 0 Å². The van der Waals surface area contributed by atoms with Crippen LogP contribution < -0.4 is 4.90 Å². The van der Waals surface area contributed by atoms with Crippen molar-refractivity contribution in [3.8, 4) is 11.4 Å². The van der Waals surface area contributed by atoms with Gasteiger partial charge in [0, 0.05) is 46.9 Å². The summed E-state index contributed by atoms with van der Waals surface area (Å²) < 4.78 is 32.9. The Kier molecular flexibility index (Phi) is 6.90. The summed E-state index contributed by atoms with van der Waals surface area (Å²) in [5.74, 6) is -0.0737. The second-order valence-electron chi connectivity index (χ2n) is 9.54. The van der Waals surface area contributed by atoms with E-state index in [0.717, 1.165) is 40.2 Å². The second-order valence-corrected chi connectivity index (χ2v) is 9.99. The Balaban J connectivity index is 1.58. The zero-order valence-electron chi connectivity index (χ0n) is 20.4. The lowest BCUT2D eigenvalue weighted by molar-refractivity contribution is 0.204. The number of halogens is 3. The van der Waals surface area contributed by atoms with Crippen LogP contribution in [0.4, 0.5) is 14.5 Å². The van der Waals surface area contributed by atoms with Crippen molar-refractivity contribution in [3.63, 3.8) is 0 Å².